The van der Waals surface area contributed by atoms with Gasteiger partial charge in [-0.3, -0.25) is 4.79 Å². The van der Waals surface area contributed by atoms with Gasteiger partial charge in [0.2, 0.25) is 11.9 Å². The number of anilines is 1. The maximum Gasteiger partial charge on any atom is 0.254 e. The van der Waals surface area contributed by atoms with E-state index in [0.717, 1.165) is 23.4 Å². The van der Waals surface area contributed by atoms with Crippen molar-refractivity contribution in [3.63, 3.8) is 0 Å². The Hall–Kier alpha value is -2.96. The minimum Gasteiger partial charge on any atom is -0.366 e. The fraction of sp³-hybridized carbons (Fsp3) is 0.478. The van der Waals surface area contributed by atoms with Gasteiger partial charge in [0.05, 0.1) is 6.42 Å². The number of fused-ring (bicyclic) bond motifs is 1. The summed E-state index contributed by atoms with van der Waals surface area (Å²) in [5, 5.41) is 7.21. The second kappa shape index (κ2) is 8.05. The number of aryl methyl sites for hydroxylation is 4. The number of nitrogens with one attached hydrogen (secondary N) is 1. The van der Waals surface area contributed by atoms with Crippen molar-refractivity contribution in [3.8, 4) is 0 Å². The Kier molecular flexibility index (Phi) is 5.83. The molecule has 3 aromatic rings. The Morgan fingerprint density at radius 1 is 1.07 bits per heavy atom. The van der Waals surface area contributed by atoms with E-state index in [4.69, 9.17) is 5.73 Å². The summed E-state index contributed by atoms with van der Waals surface area (Å²) < 4.78 is 1.59. The highest BCUT2D eigenvalue weighted by Crippen LogP contribution is 2.27. The van der Waals surface area contributed by atoms with Gasteiger partial charge in [-0.25, -0.2) is 4.98 Å². The van der Waals surface area contributed by atoms with Crippen LogP contribution in [0, 0.1) is 27.7 Å². The molecular formula is C23H32N6O. The van der Waals surface area contributed by atoms with Crippen LogP contribution in [-0.2, 0) is 23.1 Å². The highest BCUT2D eigenvalue weighted by atomic mass is 16.1. The zero-order chi connectivity index (χ0) is 22.2. The second-order valence-electron chi connectivity index (χ2n) is 9.06. The monoisotopic (exact) mass is 408 g/mol. The van der Waals surface area contributed by atoms with E-state index < -0.39 is 0 Å². The topological polar surface area (TPSA) is 98.2 Å². The Bertz CT molecular complexity index is 1080. The Balaban J connectivity index is 1.67. The fourth-order valence-electron chi connectivity index (χ4n) is 3.85. The lowest BCUT2D eigenvalue weighted by Crippen LogP contribution is -2.28. The number of carbonyl (C=O) groups is 1. The number of carbonyl (C=O) groups excluding carboxylic acids is 1. The molecule has 3 rings (SSSR count). The molecule has 30 heavy (non-hydrogen) atoms. The van der Waals surface area contributed by atoms with Crippen molar-refractivity contribution in [2.24, 2.45) is 0 Å². The predicted molar refractivity (Wildman–Crippen MR) is 120 cm³/mol. The summed E-state index contributed by atoms with van der Waals surface area (Å²) in [7, 11) is 0. The molecule has 0 atom stereocenters. The van der Waals surface area contributed by atoms with Gasteiger partial charge in [-0.05, 0) is 61.8 Å². The number of amides is 1. The average molecular weight is 409 g/mol. The molecule has 0 bridgehead atoms. The van der Waals surface area contributed by atoms with E-state index in [9.17, 15) is 4.79 Å². The van der Waals surface area contributed by atoms with Crippen LogP contribution in [0.1, 0.15) is 60.0 Å². The van der Waals surface area contributed by atoms with Crippen LogP contribution in [0.2, 0.25) is 0 Å². The molecule has 0 unspecified atom stereocenters. The van der Waals surface area contributed by atoms with Crippen LogP contribution in [0.25, 0.3) is 5.78 Å². The van der Waals surface area contributed by atoms with Crippen molar-refractivity contribution in [2.75, 3.05) is 12.3 Å². The van der Waals surface area contributed by atoms with Crippen LogP contribution >= 0.6 is 0 Å². The number of rotatable bonds is 5. The molecule has 2 heterocycles. The number of hydrogen-bond acceptors (Lipinski definition) is 5. The molecule has 0 saturated carbocycles. The van der Waals surface area contributed by atoms with Crippen LogP contribution < -0.4 is 11.1 Å². The second-order valence-corrected chi connectivity index (χ2v) is 9.06. The summed E-state index contributed by atoms with van der Waals surface area (Å²) in [5.74, 6) is 0.600. The van der Waals surface area contributed by atoms with Gasteiger partial charge >= 0.3 is 0 Å². The van der Waals surface area contributed by atoms with E-state index in [-0.39, 0.29) is 23.7 Å². The standard InChI is InChI=1S/C23H32N6O/c1-13-10-17(23(5,6)7)11-14(2)18(13)8-9-25-20(30)12-19-15(3)26-22-27-21(24)28-29(22)16(19)4/h10-11H,8-9,12H2,1-7H3,(H2,24,28)(H,25,30). The van der Waals surface area contributed by atoms with Crippen LogP contribution in [0.5, 0.6) is 0 Å². The number of nitrogen functional groups attached to an aromatic ring is 1. The van der Waals surface area contributed by atoms with Crippen molar-refractivity contribution < 1.29 is 4.79 Å². The molecule has 2 aromatic heterocycles. The third-order valence-electron chi connectivity index (χ3n) is 5.66. The molecule has 7 nitrogen and oxygen atoms in total. The van der Waals surface area contributed by atoms with Crippen molar-refractivity contribution in [2.45, 2.75) is 66.7 Å². The lowest BCUT2D eigenvalue weighted by atomic mass is 9.83. The lowest BCUT2D eigenvalue weighted by molar-refractivity contribution is -0.120. The molecular weight excluding hydrogens is 376 g/mol. The maximum absolute atomic E-state index is 12.6. The number of hydrogen-bond donors (Lipinski definition) is 2. The summed E-state index contributed by atoms with van der Waals surface area (Å²) in [5.41, 5.74) is 13.5. The molecule has 0 saturated heterocycles. The SMILES string of the molecule is Cc1cc(C(C)(C)C)cc(C)c1CCNC(=O)Cc1c(C)nc2nc(N)nn2c1C. The minimum absolute atomic E-state index is 0.0305. The first-order valence-corrected chi connectivity index (χ1v) is 10.3. The molecule has 0 fully saturated rings. The van der Waals surface area contributed by atoms with E-state index in [1.54, 1.807) is 4.52 Å². The predicted octanol–water partition coefficient (Wildman–Crippen LogP) is 3.14. The zero-order valence-electron chi connectivity index (χ0n) is 19.1. The average Bonchev–Trinajstić information content (AvgIpc) is 3.00. The third kappa shape index (κ3) is 4.45. The van der Waals surface area contributed by atoms with Crippen molar-refractivity contribution in [3.05, 3.63) is 51.3 Å². The Labute approximate surface area is 178 Å². The molecule has 1 amide bonds. The van der Waals surface area contributed by atoms with Crippen molar-refractivity contribution in [1.29, 1.82) is 0 Å². The number of nitrogens with zero attached hydrogens (tertiary/aromatic N) is 4. The first-order valence-electron chi connectivity index (χ1n) is 10.3. The van der Waals surface area contributed by atoms with Gasteiger partial charge in [-0.1, -0.05) is 32.9 Å². The Morgan fingerprint density at radius 2 is 1.70 bits per heavy atom. The van der Waals surface area contributed by atoms with Gasteiger partial charge in [-0.15, -0.1) is 5.10 Å². The number of nitrogens with two attached hydrogens (primary N) is 1. The normalized spacial score (nSPS) is 11.8. The van der Waals surface area contributed by atoms with Gasteiger partial charge < -0.3 is 11.1 Å². The third-order valence-corrected chi connectivity index (χ3v) is 5.66. The summed E-state index contributed by atoms with van der Waals surface area (Å²) in [6.07, 6.45) is 1.06. The van der Waals surface area contributed by atoms with Crippen LogP contribution in [0.3, 0.4) is 0 Å². The first-order chi connectivity index (χ1) is 14.0. The van der Waals surface area contributed by atoms with E-state index in [2.05, 4.69) is 67.1 Å². The molecule has 160 valence electrons. The van der Waals surface area contributed by atoms with E-state index in [1.165, 1.54) is 22.3 Å². The van der Waals surface area contributed by atoms with Crippen LogP contribution in [0.4, 0.5) is 5.95 Å². The minimum atomic E-state index is -0.0305. The molecule has 7 heteroatoms. The largest absolute Gasteiger partial charge is 0.366 e. The van der Waals surface area contributed by atoms with Crippen molar-refractivity contribution in [1.82, 2.24) is 24.9 Å². The first kappa shape index (κ1) is 21.7. The van der Waals surface area contributed by atoms with Gasteiger partial charge in [0.1, 0.15) is 0 Å². The van der Waals surface area contributed by atoms with Gasteiger partial charge in [-0.2, -0.15) is 9.50 Å². The lowest BCUT2D eigenvalue weighted by Gasteiger charge is -2.22. The van der Waals surface area contributed by atoms with Gasteiger partial charge in [0, 0.05) is 23.5 Å². The Morgan fingerprint density at radius 3 is 2.30 bits per heavy atom. The molecule has 1 aromatic carbocycles. The molecule has 0 spiro atoms. The summed E-state index contributed by atoms with van der Waals surface area (Å²) >= 11 is 0. The summed E-state index contributed by atoms with van der Waals surface area (Å²) in [4.78, 5) is 21.1. The molecule has 3 N–H and O–H groups in total. The quantitative estimate of drug-likeness (QED) is 0.676. The van der Waals surface area contributed by atoms with E-state index in [1.807, 2.05) is 13.8 Å². The molecule has 0 aliphatic carbocycles. The zero-order valence-corrected chi connectivity index (χ0v) is 19.1. The number of benzene rings is 1. The fourth-order valence-corrected chi connectivity index (χ4v) is 3.85. The maximum atomic E-state index is 12.6. The van der Waals surface area contributed by atoms with E-state index >= 15 is 0 Å². The van der Waals surface area contributed by atoms with Crippen LogP contribution in [0.15, 0.2) is 12.1 Å². The van der Waals surface area contributed by atoms with E-state index in [0.29, 0.717) is 12.3 Å². The summed E-state index contributed by atoms with van der Waals surface area (Å²) in [6.45, 7) is 15.4. The number of aromatic nitrogens is 4. The van der Waals surface area contributed by atoms with Gasteiger partial charge in [0.25, 0.3) is 5.78 Å². The van der Waals surface area contributed by atoms with Crippen LogP contribution in [-0.4, -0.2) is 32.0 Å². The molecule has 0 radical (unpaired) electrons. The highest BCUT2D eigenvalue weighted by molar-refractivity contribution is 5.79. The summed E-state index contributed by atoms with van der Waals surface area (Å²) in [6, 6.07) is 4.53. The molecule has 0 aliphatic heterocycles. The smallest absolute Gasteiger partial charge is 0.254 e. The highest BCUT2D eigenvalue weighted by Gasteiger charge is 2.17. The van der Waals surface area contributed by atoms with Crippen molar-refractivity contribution >= 4 is 17.6 Å². The van der Waals surface area contributed by atoms with Gasteiger partial charge in [0.15, 0.2) is 0 Å². The molecule has 0 aliphatic rings.